The van der Waals surface area contributed by atoms with E-state index >= 15 is 0 Å². The Balaban J connectivity index is 2.46. The quantitative estimate of drug-likeness (QED) is 0.225. The molecule has 2 unspecified atom stereocenters. The molecule has 1 fully saturated rings. The van der Waals surface area contributed by atoms with Crippen molar-refractivity contribution in [3.63, 3.8) is 0 Å². The first-order chi connectivity index (χ1) is 8.24. The Hall–Kier alpha value is 0.0600. The standard InChI is InChI=1S/C8H16O8S2/c9-1-7-8(12)6(11)4-17(7)3-5(10)2-16-18(13,14)15/h5-12H,1-4H2/t5?,6-,7-,8+,17?/m1/s1. The van der Waals surface area contributed by atoms with Gasteiger partial charge < -0.3 is 25.0 Å². The van der Waals surface area contributed by atoms with E-state index in [1.165, 1.54) is 0 Å². The SMILES string of the molecule is O=S(=O)([O-])OCC(O)C[S+]1C[C@@H](O)[C@H](O)[C@H]1CO. The summed E-state index contributed by atoms with van der Waals surface area (Å²) in [6, 6.07) is 0. The van der Waals surface area contributed by atoms with E-state index in [-0.39, 0.29) is 18.1 Å². The maximum Gasteiger partial charge on any atom is 0.217 e. The molecule has 0 aliphatic carbocycles. The van der Waals surface area contributed by atoms with Crippen molar-refractivity contribution in [3.05, 3.63) is 0 Å². The van der Waals surface area contributed by atoms with E-state index in [9.17, 15) is 28.3 Å². The molecular weight excluding hydrogens is 288 g/mol. The molecule has 5 atom stereocenters. The summed E-state index contributed by atoms with van der Waals surface area (Å²) in [5.41, 5.74) is 0. The zero-order chi connectivity index (χ0) is 13.9. The molecule has 0 bridgehead atoms. The van der Waals surface area contributed by atoms with Crippen LogP contribution in [0, 0.1) is 0 Å². The first kappa shape index (κ1) is 16.1. The van der Waals surface area contributed by atoms with Crippen LogP contribution < -0.4 is 0 Å². The summed E-state index contributed by atoms with van der Waals surface area (Å²) >= 11 is 0. The Bertz CT molecular complexity index is 358. The normalized spacial score (nSPS) is 34.7. The molecule has 8 nitrogen and oxygen atoms in total. The van der Waals surface area contributed by atoms with Crippen LogP contribution in [0.3, 0.4) is 0 Å². The van der Waals surface area contributed by atoms with Gasteiger partial charge in [-0.3, -0.25) is 4.18 Å². The van der Waals surface area contributed by atoms with E-state index in [2.05, 4.69) is 4.18 Å². The minimum absolute atomic E-state index is 0.0505. The molecule has 1 saturated heterocycles. The molecule has 0 amide bonds. The topological polar surface area (TPSA) is 147 Å². The second-order valence-electron chi connectivity index (χ2n) is 4.00. The Morgan fingerprint density at radius 2 is 2.06 bits per heavy atom. The summed E-state index contributed by atoms with van der Waals surface area (Å²) in [6.07, 6.45) is -3.24. The second kappa shape index (κ2) is 6.48. The molecule has 4 N–H and O–H groups in total. The maximum absolute atomic E-state index is 10.2. The van der Waals surface area contributed by atoms with Crippen LogP contribution in [0.5, 0.6) is 0 Å². The molecule has 1 aliphatic heterocycles. The zero-order valence-electron chi connectivity index (χ0n) is 9.38. The third kappa shape index (κ3) is 4.63. The van der Waals surface area contributed by atoms with E-state index < -0.39 is 51.5 Å². The number of aliphatic hydroxyl groups excluding tert-OH is 4. The van der Waals surface area contributed by atoms with Gasteiger partial charge in [0.25, 0.3) is 0 Å². The summed E-state index contributed by atoms with van der Waals surface area (Å²) in [5, 5.41) is 37.0. The Labute approximate surface area is 108 Å². The van der Waals surface area contributed by atoms with Crippen molar-refractivity contribution in [1.82, 2.24) is 0 Å². The molecule has 0 radical (unpaired) electrons. The van der Waals surface area contributed by atoms with Gasteiger partial charge in [-0.1, -0.05) is 0 Å². The summed E-state index contributed by atoms with van der Waals surface area (Å²) < 4.78 is 34.5. The minimum atomic E-state index is -4.85. The first-order valence-electron chi connectivity index (χ1n) is 5.16. The molecule has 0 aromatic heterocycles. The average Bonchev–Trinajstić information content (AvgIpc) is 2.50. The van der Waals surface area contributed by atoms with Crippen LogP contribution in [0.15, 0.2) is 0 Å². The lowest BCUT2D eigenvalue weighted by molar-refractivity contribution is 0.0325. The van der Waals surface area contributed by atoms with Gasteiger partial charge in [0.15, 0.2) is 5.25 Å². The molecule has 1 rings (SSSR count). The van der Waals surface area contributed by atoms with Gasteiger partial charge in [-0.15, -0.1) is 0 Å². The lowest BCUT2D eigenvalue weighted by Gasteiger charge is -2.15. The van der Waals surface area contributed by atoms with Crippen molar-refractivity contribution in [2.24, 2.45) is 0 Å². The van der Waals surface area contributed by atoms with Gasteiger partial charge in [-0.25, -0.2) is 8.42 Å². The van der Waals surface area contributed by atoms with E-state index in [1.54, 1.807) is 0 Å². The molecule has 10 heteroatoms. The van der Waals surface area contributed by atoms with Gasteiger partial charge in [0.1, 0.15) is 29.8 Å². The Morgan fingerprint density at radius 3 is 2.56 bits per heavy atom. The van der Waals surface area contributed by atoms with E-state index in [0.29, 0.717) is 0 Å². The molecule has 0 aromatic carbocycles. The Kier molecular flexibility index (Phi) is 5.80. The molecule has 108 valence electrons. The van der Waals surface area contributed by atoms with Gasteiger partial charge in [0.05, 0.1) is 13.2 Å². The van der Waals surface area contributed by atoms with Crippen LogP contribution in [-0.4, -0.2) is 81.7 Å². The highest BCUT2D eigenvalue weighted by molar-refractivity contribution is 7.97. The highest BCUT2D eigenvalue weighted by Gasteiger charge is 2.49. The monoisotopic (exact) mass is 304 g/mol. The molecule has 0 saturated carbocycles. The largest absolute Gasteiger partial charge is 0.726 e. The highest BCUT2D eigenvalue weighted by Crippen LogP contribution is 2.24. The molecule has 0 spiro atoms. The Morgan fingerprint density at radius 1 is 1.44 bits per heavy atom. The van der Waals surface area contributed by atoms with Crippen LogP contribution in [0.25, 0.3) is 0 Å². The average molecular weight is 304 g/mol. The summed E-state index contributed by atoms with van der Waals surface area (Å²) in [4.78, 5) is 0. The number of rotatable bonds is 6. The fourth-order valence-electron chi connectivity index (χ4n) is 1.75. The van der Waals surface area contributed by atoms with Crippen LogP contribution >= 0.6 is 0 Å². The van der Waals surface area contributed by atoms with Crippen LogP contribution in [0.4, 0.5) is 0 Å². The lowest BCUT2D eigenvalue weighted by Crippen LogP contribution is -2.37. The molecule has 1 heterocycles. The number of hydrogen-bond acceptors (Lipinski definition) is 8. The van der Waals surface area contributed by atoms with Gasteiger partial charge in [-0.2, -0.15) is 0 Å². The summed E-state index contributed by atoms with van der Waals surface area (Å²) in [7, 11) is -5.51. The third-order valence-corrected chi connectivity index (χ3v) is 5.87. The predicted molar refractivity (Wildman–Crippen MR) is 61.6 cm³/mol. The van der Waals surface area contributed by atoms with Crippen molar-refractivity contribution in [3.8, 4) is 0 Å². The van der Waals surface area contributed by atoms with E-state index in [1.807, 2.05) is 0 Å². The van der Waals surface area contributed by atoms with Crippen molar-refractivity contribution in [2.45, 2.75) is 23.6 Å². The van der Waals surface area contributed by atoms with Crippen LogP contribution in [0.1, 0.15) is 0 Å². The number of aliphatic hydroxyl groups is 4. The van der Waals surface area contributed by atoms with Gasteiger partial charge in [0.2, 0.25) is 10.4 Å². The lowest BCUT2D eigenvalue weighted by atomic mass is 10.2. The maximum atomic E-state index is 10.2. The molecule has 0 aromatic rings. The zero-order valence-corrected chi connectivity index (χ0v) is 11.0. The van der Waals surface area contributed by atoms with Gasteiger partial charge >= 0.3 is 0 Å². The van der Waals surface area contributed by atoms with Crippen LogP contribution in [0.2, 0.25) is 0 Å². The fraction of sp³-hybridized carbons (Fsp3) is 1.00. The third-order valence-electron chi connectivity index (χ3n) is 2.58. The van der Waals surface area contributed by atoms with Gasteiger partial charge in [0, 0.05) is 10.9 Å². The van der Waals surface area contributed by atoms with Gasteiger partial charge in [-0.05, 0) is 0 Å². The molecule has 18 heavy (non-hydrogen) atoms. The van der Waals surface area contributed by atoms with Crippen molar-refractivity contribution in [2.75, 3.05) is 24.7 Å². The fourth-order valence-corrected chi connectivity index (χ4v) is 4.72. The predicted octanol–water partition coefficient (Wildman–Crippen LogP) is -3.46. The molecular formula is C8H16O8S2. The van der Waals surface area contributed by atoms with E-state index in [0.717, 1.165) is 0 Å². The minimum Gasteiger partial charge on any atom is -0.726 e. The van der Waals surface area contributed by atoms with Crippen molar-refractivity contribution >= 4 is 21.3 Å². The van der Waals surface area contributed by atoms with Crippen molar-refractivity contribution in [1.29, 1.82) is 0 Å². The summed E-state index contributed by atoms with van der Waals surface area (Å²) in [5.74, 6) is 0.266. The number of hydrogen-bond donors (Lipinski definition) is 4. The second-order valence-corrected chi connectivity index (χ2v) is 7.40. The van der Waals surface area contributed by atoms with Crippen LogP contribution in [-0.2, 0) is 25.5 Å². The highest BCUT2D eigenvalue weighted by atomic mass is 32.3. The van der Waals surface area contributed by atoms with E-state index in [4.69, 9.17) is 5.11 Å². The smallest absolute Gasteiger partial charge is 0.217 e. The van der Waals surface area contributed by atoms with Crippen molar-refractivity contribution < 1.29 is 37.6 Å². The first-order valence-corrected chi connectivity index (χ1v) is 8.12. The molecule has 1 aliphatic rings. The summed E-state index contributed by atoms with van der Waals surface area (Å²) in [6.45, 7) is -1.01.